The number of para-hydroxylation sites is 1. The van der Waals surface area contributed by atoms with E-state index < -0.39 is 0 Å². The van der Waals surface area contributed by atoms with Crippen molar-refractivity contribution in [1.29, 1.82) is 0 Å². The van der Waals surface area contributed by atoms with Crippen molar-refractivity contribution in [3.8, 4) is 5.75 Å². The zero-order valence-electron chi connectivity index (χ0n) is 20.6. The maximum absolute atomic E-state index is 9.24. The average molecular weight is 438 g/mol. The molecule has 0 heterocycles. The van der Waals surface area contributed by atoms with E-state index in [-0.39, 0.29) is 6.10 Å². The Morgan fingerprint density at radius 1 is 1.00 bits per heavy atom. The van der Waals surface area contributed by atoms with Gasteiger partial charge in [-0.15, -0.1) is 0 Å². The third-order valence-corrected chi connectivity index (χ3v) is 4.82. The summed E-state index contributed by atoms with van der Waals surface area (Å²) in [5.74, 6) is 0.868. The minimum absolute atomic E-state index is 0.265. The minimum Gasteiger partial charge on any atom is -0.508 e. The summed E-state index contributed by atoms with van der Waals surface area (Å²) in [6.07, 6.45) is 11.8. The Hall–Kier alpha value is -2.62. The van der Waals surface area contributed by atoms with Gasteiger partial charge >= 0.3 is 0 Å². The Morgan fingerprint density at radius 2 is 1.66 bits per heavy atom. The third kappa shape index (κ3) is 14.4. The van der Waals surface area contributed by atoms with Gasteiger partial charge in [0.15, 0.2) is 0 Å². The molecule has 3 heteroatoms. The van der Waals surface area contributed by atoms with Gasteiger partial charge in [-0.2, -0.15) is 0 Å². The van der Waals surface area contributed by atoms with Crippen molar-refractivity contribution in [2.45, 2.75) is 52.6 Å². The molecule has 0 aliphatic heterocycles. The first kappa shape index (κ1) is 29.4. The minimum atomic E-state index is 0.265. The second-order valence-electron chi connectivity index (χ2n) is 7.40. The van der Waals surface area contributed by atoms with Gasteiger partial charge in [0.1, 0.15) is 5.75 Å². The van der Waals surface area contributed by atoms with E-state index in [4.69, 9.17) is 4.74 Å². The molecule has 2 aromatic rings. The van der Waals surface area contributed by atoms with E-state index in [0.717, 1.165) is 31.6 Å². The number of phenolic OH excluding ortho intramolecular Hbond substituents is 1. The van der Waals surface area contributed by atoms with Gasteiger partial charge in [-0.3, -0.25) is 0 Å². The normalized spacial score (nSPS) is 12.4. The molecule has 2 rings (SSSR count). The van der Waals surface area contributed by atoms with Crippen LogP contribution in [0.1, 0.15) is 51.2 Å². The molecule has 176 valence electrons. The van der Waals surface area contributed by atoms with Crippen molar-refractivity contribution in [2.24, 2.45) is 0 Å². The SMILES string of the molecule is C=C/C=C\C=C/C.CCCc1ccccc1O.CNCCOC(C)[C@@H](C)c1ccccc1. The number of likely N-dealkylation sites (N-methyl/N-ethyl adjacent to an activating group) is 1. The Bertz CT molecular complexity index is 753. The molecule has 2 atom stereocenters. The number of nitrogens with one attached hydrogen (secondary N) is 1. The number of ether oxygens (including phenoxy) is 1. The summed E-state index contributed by atoms with van der Waals surface area (Å²) < 4.78 is 5.74. The molecular formula is C29H43NO2. The van der Waals surface area contributed by atoms with Gasteiger partial charge in [-0.05, 0) is 44.5 Å². The molecule has 0 aliphatic rings. The van der Waals surface area contributed by atoms with E-state index in [1.54, 1.807) is 12.1 Å². The molecule has 0 fully saturated rings. The fourth-order valence-corrected chi connectivity index (χ4v) is 2.76. The maximum atomic E-state index is 9.24. The van der Waals surface area contributed by atoms with Gasteiger partial charge in [0, 0.05) is 12.5 Å². The Balaban J connectivity index is 0.000000489. The summed E-state index contributed by atoms with van der Waals surface area (Å²) >= 11 is 0. The largest absolute Gasteiger partial charge is 0.508 e. The third-order valence-electron chi connectivity index (χ3n) is 4.82. The average Bonchev–Trinajstić information content (AvgIpc) is 2.82. The van der Waals surface area contributed by atoms with Crippen LogP contribution in [-0.2, 0) is 11.2 Å². The van der Waals surface area contributed by atoms with Crippen LogP contribution >= 0.6 is 0 Å². The van der Waals surface area contributed by atoms with E-state index in [2.05, 4.69) is 56.9 Å². The van der Waals surface area contributed by atoms with E-state index >= 15 is 0 Å². The number of phenols is 1. The van der Waals surface area contributed by atoms with Gasteiger partial charge < -0.3 is 15.2 Å². The summed E-state index contributed by atoms with van der Waals surface area (Å²) in [4.78, 5) is 0. The predicted octanol–water partition coefficient (Wildman–Crippen LogP) is 7.06. The fraction of sp³-hybridized carbons (Fsp3) is 0.379. The van der Waals surface area contributed by atoms with Crippen LogP contribution in [0.5, 0.6) is 5.75 Å². The summed E-state index contributed by atoms with van der Waals surface area (Å²) in [6, 6.07) is 18.0. The molecule has 2 aromatic carbocycles. The lowest BCUT2D eigenvalue weighted by molar-refractivity contribution is 0.0534. The molecule has 0 aliphatic carbocycles. The Labute approximate surface area is 196 Å². The van der Waals surface area contributed by atoms with Crippen LogP contribution in [0.4, 0.5) is 0 Å². The highest BCUT2D eigenvalue weighted by Gasteiger charge is 2.13. The summed E-state index contributed by atoms with van der Waals surface area (Å²) in [7, 11) is 1.94. The van der Waals surface area contributed by atoms with Crippen molar-refractivity contribution < 1.29 is 9.84 Å². The number of allylic oxidation sites excluding steroid dienone is 5. The Kier molecular flexibility index (Phi) is 18.6. The number of aromatic hydroxyl groups is 1. The van der Waals surface area contributed by atoms with Gasteiger partial charge in [-0.25, -0.2) is 0 Å². The number of rotatable bonds is 10. The smallest absolute Gasteiger partial charge is 0.118 e. The molecule has 0 bridgehead atoms. The number of benzene rings is 2. The van der Waals surface area contributed by atoms with Crippen LogP contribution < -0.4 is 5.32 Å². The van der Waals surface area contributed by atoms with E-state index in [1.165, 1.54) is 5.56 Å². The van der Waals surface area contributed by atoms with E-state index in [9.17, 15) is 5.11 Å². The van der Waals surface area contributed by atoms with Gasteiger partial charge in [-0.1, -0.05) is 106 Å². The first-order valence-corrected chi connectivity index (χ1v) is 11.5. The molecule has 0 radical (unpaired) electrons. The van der Waals surface area contributed by atoms with Crippen LogP contribution in [0, 0.1) is 0 Å². The molecule has 2 N–H and O–H groups in total. The molecular weight excluding hydrogens is 394 g/mol. The quantitative estimate of drug-likeness (QED) is 0.309. The van der Waals surface area contributed by atoms with Gasteiger partial charge in [0.05, 0.1) is 12.7 Å². The second kappa shape index (κ2) is 20.3. The zero-order chi connectivity index (χ0) is 24.0. The lowest BCUT2D eigenvalue weighted by atomic mass is 9.96. The van der Waals surface area contributed by atoms with Crippen molar-refractivity contribution in [3.05, 3.63) is 103 Å². The van der Waals surface area contributed by atoms with Crippen LogP contribution in [0.25, 0.3) is 0 Å². The first-order chi connectivity index (χ1) is 15.5. The summed E-state index contributed by atoms with van der Waals surface area (Å²) in [5, 5.41) is 12.3. The number of hydrogen-bond donors (Lipinski definition) is 2. The van der Waals surface area contributed by atoms with Crippen molar-refractivity contribution in [3.63, 3.8) is 0 Å². The molecule has 0 amide bonds. The highest BCUT2D eigenvalue weighted by atomic mass is 16.5. The molecule has 32 heavy (non-hydrogen) atoms. The Morgan fingerprint density at radius 3 is 2.22 bits per heavy atom. The van der Waals surface area contributed by atoms with Gasteiger partial charge in [0.2, 0.25) is 0 Å². The van der Waals surface area contributed by atoms with Crippen LogP contribution in [0.3, 0.4) is 0 Å². The number of aryl methyl sites for hydroxylation is 1. The number of hydrogen-bond acceptors (Lipinski definition) is 3. The zero-order valence-corrected chi connectivity index (χ0v) is 20.6. The fourth-order valence-electron chi connectivity index (χ4n) is 2.76. The molecule has 0 saturated heterocycles. The maximum Gasteiger partial charge on any atom is 0.118 e. The topological polar surface area (TPSA) is 41.5 Å². The van der Waals surface area contributed by atoms with Crippen molar-refractivity contribution >= 4 is 0 Å². The first-order valence-electron chi connectivity index (χ1n) is 11.5. The summed E-state index contributed by atoms with van der Waals surface area (Å²) in [5.41, 5.74) is 2.39. The molecule has 1 unspecified atom stereocenters. The standard InChI is InChI=1S/C13H21NO.C9H12O.C7H10/c1-11(12(2)15-10-9-14-3)13-7-5-4-6-8-13;1-2-5-8-6-3-4-7-9(8)10;1-3-5-7-6-4-2/h4-8,11-12,14H,9-10H2,1-3H3;3-4,6-7,10H,2,5H2,1H3;3-7H,1H2,2H3/b;;6-4-,7-5-/t11-,12?;;/m1../s1. The van der Waals surface area contributed by atoms with E-state index in [1.807, 2.05) is 62.5 Å². The van der Waals surface area contributed by atoms with Crippen LogP contribution in [0.2, 0.25) is 0 Å². The highest BCUT2D eigenvalue weighted by molar-refractivity contribution is 5.31. The monoisotopic (exact) mass is 437 g/mol. The predicted molar refractivity (Wildman–Crippen MR) is 140 cm³/mol. The van der Waals surface area contributed by atoms with E-state index in [0.29, 0.717) is 11.7 Å². The highest BCUT2D eigenvalue weighted by Crippen LogP contribution is 2.20. The summed E-state index contributed by atoms with van der Waals surface area (Å²) in [6.45, 7) is 13.6. The lowest BCUT2D eigenvalue weighted by Crippen LogP contribution is -2.22. The second-order valence-corrected chi connectivity index (χ2v) is 7.40. The molecule has 0 spiro atoms. The van der Waals surface area contributed by atoms with Crippen LogP contribution in [-0.4, -0.2) is 31.4 Å². The van der Waals surface area contributed by atoms with Gasteiger partial charge in [0.25, 0.3) is 0 Å². The molecule has 0 saturated carbocycles. The van der Waals surface area contributed by atoms with Crippen molar-refractivity contribution in [1.82, 2.24) is 5.32 Å². The molecule has 3 nitrogen and oxygen atoms in total. The molecule has 0 aromatic heterocycles. The van der Waals surface area contributed by atoms with Crippen LogP contribution in [0.15, 0.2) is 91.6 Å². The van der Waals surface area contributed by atoms with Crippen molar-refractivity contribution in [2.75, 3.05) is 20.2 Å². The lowest BCUT2D eigenvalue weighted by Gasteiger charge is -2.20.